The Labute approximate surface area is 162 Å². The molecule has 1 amide bonds. The third-order valence-corrected chi connectivity index (χ3v) is 4.85. The lowest BCUT2D eigenvalue weighted by molar-refractivity contribution is 0.0739. The molecule has 1 aromatic heterocycles. The molecule has 0 aliphatic carbocycles. The molecule has 130 valence electrons. The Morgan fingerprint density at radius 3 is 2.50 bits per heavy atom. The van der Waals surface area contributed by atoms with Gasteiger partial charge in [-0.1, -0.05) is 18.2 Å². The number of hydrogen-bond acceptors (Lipinski definition) is 5. The van der Waals surface area contributed by atoms with Crippen molar-refractivity contribution in [2.75, 3.05) is 0 Å². The number of benzene rings is 2. The molecule has 3 aromatic rings. The Hall–Kier alpha value is -2.77. The van der Waals surface area contributed by atoms with E-state index in [0.29, 0.717) is 20.7 Å². The van der Waals surface area contributed by atoms with E-state index in [1.54, 1.807) is 54.6 Å². The minimum Gasteiger partial charge on any atom is -0.422 e. The standard InChI is InChI=1S/C19H13BrN2O3S/c20-16-5-2-1-4-15(16)18(23)22-21-12-13-7-9-14(10-8-13)25-19(24)17-6-3-11-26-17/h1-12H,(H,22,23)/b21-12+. The molecule has 0 saturated carbocycles. The maximum absolute atomic E-state index is 12.0. The van der Waals surface area contributed by atoms with Gasteiger partial charge in [0.15, 0.2) is 0 Å². The molecule has 0 radical (unpaired) electrons. The number of carbonyl (C=O) groups excluding carboxylic acids is 2. The fourth-order valence-corrected chi connectivity index (χ4v) is 3.11. The average molecular weight is 429 g/mol. The Balaban J connectivity index is 1.57. The van der Waals surface area contributed by atoms with Gasteiger partial charge in [0, 0.05) is 4.47 Å². The van der Waals surface area contributed by atoms with Gasteiger partial charge < -0.3 is 4.74 Å². The minimum absolute atomic E-state index is 0.310. The van der Waals surface area contributed by atoms with E-state index < -0.39 is 0 Å². The van der Waals surface area contributed by atoms with E-state index in [1.807, 2.05) is 11.4 Å². The van der Waals surface area contributed by atoms with Gasteiger partial charge in [-0.3, -0.25) is 4.79 Å². The second kappa shape index (κ2) is 8.55. The van der Waals surface area contributed by atoms with Crippen LogP contribution in [0.4, 0.5) is 0 Å². The van der Waals surface area contributed by atoms with Crippen molar-refractivity contribution < 1.29 is 14.3 Å². The topological polar surface area (TPSA) is 67.8 Å². The number of rotatable bonds is 5. The molecular formula is C19H13BrN2O3S. The molecule has 0 aliphatic rings. The van der Waals surface area contributed by atoms with E-state index in [-0.39, 0.29) is 11.9 Å². The molecule has 0 saturated heterocycles. The molecule has 26 heavy (non-hydrogen) atoms. The van der Waals surface area contributed by atoms with Gasteiger partial charge in [-0.15, -0.1) is 11.3 Å². The van der Waals surface area contributed by atoms with Crippen LogP contribution in [0.3, 0.4) is 0 Å². The zero-order chi connectivity index (χ0) is 18.4. The van der Waals surface area contributed by atoms with Gasteiger partial charge in [-0.2, -0.15) is 5.10 Å². The average Bonchev–Trinajstić information content (AvgIpc) is 3.18. The zero-order valence-corrected chi connectivity index (χ0v) is 15.8. The van der Waals surface area contributed by atoms with Crippen LogP contribution in [0.1, 0.15) is 25.6 Å². The second-order valence-electron chi connectivity index (χ2n) is 5.11. The molecule has 0 aliphatic heterocycles. The van der Waals surface area contributed by atoms with Crippen LogP contribution in [-0.2, 0) is 0 Å². The third kappa shape index (κ3) is 4.65. The highest BCUT2D eigenvalue weighted by molar-refractivity contribution is 9.10. The molecule has 0 spiro atoms. The van der Waals surface area contributed by atoms with E-state index in [4.69, 9.17) is 4.74 Å². The van der Waals surface area contributed by atoms with Crippen molar-refractivity contribution in [3.8, 4) is 5.75 Å². The SMILES string of the molecule is O=C(Oc1ccc(/C=N/NC(=O)c2ccccc2Br)cc1)c1cccs1. The van der Waals surface area contributed by atoms with E-state index in [2.05, 4.69) is 26.5 Å². The van der Waals surface area contributed by atoms with Gasteiger partial charge in [-0.05, 0) is 69.3 Å². The summed E-state index contributed by atoms with van der Waals surface area (Å²) in [4.78, 5) is 24.5. The smallest absolute Gasteiger partial charge is 0.353 e. The van der Waals surface area contributed by atoms with Crippen molar-refractivity contribution in [2.45, 2.75) is 0 Å². The molecule has 7 heteroatoms. The highest BCUT2D eigenvalue weighted by Crippen LogP contribution is 2.17. The molecule has 0 fully saturated rings. The molecule has 0 bridgehead atoms. The summed E-state index contributed by atoms with van der Waals surface area (Å²) < 4.78 is 5.98. The maximum Gasteiger partial charge on any atom is 0.353 e. The lowest BCUT2D eigenvalue weighted by atomic mass is 10.2. The number of nitrogens with zero attached hydrogens (tertiary/aromatic N) is 1. The second-order valence-corrected chi connectivity index (χ2v) is 6.92. The predicted octanol–water partition coefficient (Wildman–Crippen LogP) is 4.49. The lowest BCUT2D eigenvalue weighted by Crippen LogP contribution is -2.18. The summed E-state index contributed by atoms with van der Waals surface area (Å²) in [5.74, 6) is -0.254. The fourth-order valence-electron chi connectivity index (χ4n) is 2.04. The highest BCUT2D eigenvalue weighted by Gasteiger charge is 2.09. The van der Waals surface area contributed by atoms with Crippen molar-refractivity contribution in [1.29, 1.82) is 0 Å². The first-order chi connectivity index (χ1) is 12.6. The van der Waals surface area contributed by atoms with Crippen molar-refractivity contribution in [1.82, 2.24) is 5.43 Å². The molecule has 5 nitrogen and oxygen atoms in total. The van der Waals surface area contributed by atoms with Crippen molar-refractivity contribution in [2.24, 2.45) is 5.10 Å². The minimum atomic E-state index is -0.387. The monoisotopic (exact) mass is 428 g/mol. The Morgan fingerprint density at radius 1 is 1.04 bits per heavy atom. The molecule has 1 heterocycles. The van der Waals surface area contributed by atoms with Crippen LogP contribution in [0.25, 0.3) is 0 Å². The normalized spacial score (nSPS) is 10.7. The summed E-state index contributed by atoms with van der Waals surface area (Å²) in [6.07, 6.45) is 1.51. The maximum atomic E-state index is 12.0. The van der Waals surface area contributed by atoms with Gasteiger partial charge in [0.05, 0.1) is 11.8 Å². The van der Waals surface area contributed by atoms with Gasteiger partial charge in [0.2, 0.25) is 0 Å². The summed E-state index contributed by atoms with van der Waals surface area (Å²) in [5, 5.41) is 5.76. The van der Waals surface area contributed by atoms with Crippen molar-refractivity contribution in [3.05, 3.63) is 86.5 Å². The van der Waals surface area contributed by atoms with E-state index >= 15 is 0 Å². The Kier molecular flexibility index (Phi) is 5.93. The van der Waals surface area contributed by atoms with E-state index in [1.165, 1.54) is 17.6 Å². The van der Waals surface area contributed by atoms with Gasteiger partial charge >= 0.3 is 5.97 Å². The summed E-state index contributed by atoms with van der Waals surface area (Å²) in [6, 6.07) is 17.4. The van der Waals surface area contributed by atoms with E-state index in [9.17, 15) is 9.59 Å². The lowest BCUT2D eigenvalue weighted by Gasteiger charge is -2.03. The van der Waals surface area contributed by atoms with Gasteiger partial charge in [0.1, 0.15) is 10.6 Å². The summed E-state index contributed by atoms with van der Waals surface area (Å²) in [7, 11) is 0. The Morgan fingerprint density at radius 2 is 1.81 bits per heavy atom. The number of amides is 1. The third-order valence-electron chi connectivity index (χ3n) is 3.31. The first kappa shape index (κ1) is 18.0. The number of carbonyl (C=O) groups is 2. The molecule has 3 rings (SSSR count). The largest absolute Gasteiger partial charge is 0.422 e. The van der Waals surface area contributed by atoms with Crippen molar-refractivity contribution >= 4 is 45.4 Å². The summed E-state index contributed by atoms with van der Waals surface area (Å²) in [6.45, 7) is 0. The Bertz CT molecular complexity index is 938. The fraction of sp³-hybridized carbons (Fsp3) is 0. The number of hydrogen-bond donors (Lipinski definition) is 1. The van der Waals surface area contributed by atoms with Crippen LogP contribution < -0.4 is 10.2 Å². The van der Waals surface area contributed by atoms with Crippen LogP contribution in [0.5, 0.6) is 5.75 Å². The number of halogens is 1. The van der Waals surface area contributed by atoms with Crippen LogP contribution in [-0.4, -0.2) is 18.1 Å². The number of esters is 1. The van der Waals surface area contributed by atoms with Gasteiger partial charge in [-0.25, -0.2) is 10.2 Å². The zero-order valence-electron chi connectivity index (χ0n) is 13.4. The van der Waals surface area contributed by atoms with Crippen LogP contribution in [0, 0.1) is 0 Å². The molecule has 0 unspecified atom stereocenters. The first-order valence-corrected chi connectivity index (χ1v) is 9.24. The summed E-state index contributed by atoms with van der Waals surface area (Å²) in [5.41, 5.74) is 3.73. The van der Waals surface area contributed by atoms with Crippen LogP contribution in [0.2, 0.25) is 0 Å². The van der Waals surface area contributed by atoms with Crippen molar-refractivity contribution in [3.63, 3.8) is 0 Å². The molecular weight excluding hydrogens is 416 g/mol. The first-order valence-electron chi connectivity index (χ1n) is 7.57. The predicted molar refractivity (Wildman–Crippen MR) is 105 cm³/mol. The van der Waals surface area contributed by atoms with Gasteiger partial charge in [0.25, 0.3) is 5.91 Å². The highest BCUT2D eigenvalue weighted by atomic mass is 79.9. The quantitative estimate of drug-likeness (QED) is 0.281. The van der Waals surface area contributed by atoms with Crippen LogP contribution in [0.15, 0.2) is 75.6 Å². The number of ether oxygens (including phenoxy) is 1. The number of nitrogens with one attached hydrogen (secondary N) is 1. The number of thiophene rings is 1. The number of hydrazone groups is 1. The molecule has 1 N–H and O–H groups in total. The van der Waals surface area contributed by atoms with Crippen LogP contribution >= 0.6 is 27.3 Å². The molecule has 0 atom stereocenters. The van der Waals surface area contributed by atoms with E-state index in [0.717, 1.165) is 5.56 Å². The molecule has 2 aromatic carbocycles. The summed E-state index contributed by atoms with van der Waals surface area (Å²) >= 11 is 4.65.